The van der Waals surface area contributed by atoms with Crippen LogP contribution < -0.4 is 15.5 Å². The number of aliphatic imine (C=N–C) groups is 1. The number of carbonyl (C=O) groups is 2. The van der Waals surface area contributed by atoms with Crippen LogP contribution in [0, 0.1) is 12.7 Å². The van der Waals surface area contributed by atoms with Crippen molar-refractivity contribution in [2.45, 2.75) is 6.92 Å². The van der Waals surface area contributed by atoms with E-state index < -0.39 is 11.7 Å². The molecule has 2 aliphatic heterocycles. The van der Waals surface area contributed by atoms with Gasteiger partial charge in [0.25, 0.3) is 12.4 Å². The average Bonchev–Trinajstić information content (AvgIpc) is 3.59. The number of aryl methyl sites for hydroxylation is 2. The van der Waals surface area contributed by atoms with Crippen LogP contribution in [-0.4, -0.2) is 56.2 Å². The molecule has 2 aliphatic rings. The number of rotatable bonds is 5. The molecule has 0 bridgehead atoms. The number of carboxylic acid groups (broad SMARTS) is 1. The highest BCUT2D eigenvalue weighted by molar-refractivity contribution is 6.36. The van der Waals surface area contributed by atoms with Crippen LogP contribution in [0.25, 0.3) is 11.6 Å². The predicted molar refractivity (Wildman–Crippen MR) is 150 cm³/mol. The monoisotopic (exact) mass is 540 g/mol. The van der Waals surface area contributed by atoms with Crippen molar-refractivity contribution >= 4 is 53.0 Å². The zero-order valence-corrected chi connectivity index (χ0v) is 21.7. The first-order valence-electron chi connectivity index (χ1n) is 12.3. The molecule has 0 unspecified atom stereocenters. The molecule has 0 radical (unpaired) electrons. The third-order valence-corrected chi connectivity index (χ3v) is 6.30. The quantitative estimate of drug-likeness (QED) is 0.322. The van der Waals surface area contributed by atoms with Gasteiger partial charge in [0, 0.05) is 42.8 Å². The molecule has 0 saturated carbocycles. The molecule has 0 fully saturated rings. The number of carbonyl (C=O) groups excluding carboxylic acids is 1. The first-order valence-corrected chi connectivity index (χ1v) is 12.3. The van der Waals surface area contributed by atoms with E-state index in [1.165, 1.54) is 12.1 Å². The van der Waals surface area contributed by atoms with E-state index in [2.05, 4.69) is 25.6 Å². The second-order valence-corrected chi connectivity index (χ2v) is 8.98. The largest absolute Gasteiger partial charge is 0.483 e. The van der Waals surface area contributed by atoms with E-state index in [1.807, 2.05) is 44.4 Å². The summed E-state index contributed by atoms with van der Waals surface area (Å²) in [6.07, 6.45) is 7.37. The molecule has 0 aliphatic carbocycles. The van der Waals surface area contributed by atoms with Gasteiger partial charge in [0.2, 0.25) is 5.95 Å². The summed E-state index contributed by atoms with van der Waals surface area (Å²) in [5.41, 5.74) is 5.08. The van der Waals surface area contributed by atoms with Crippen molar-refractivity contribution in [1.82, 2.24) is 19.7 Å². The van der Waals surface area contributed by atoms with Crippen LogP contribution in [0.15, 0.2) is 66.0 Å². The SMILES string of the molecule is Cc1ccc(NC(=O)c2ccccc2F)cc1C1=Cc2cnc(Nc3cnn(C)c3)nc2N2CCN=C12.O=CO. The highest BCUT2D eigenvalue weighted by atomic mass is 19.1. The molecule has 40 heavy (non-hydrogen) atoms. The summed E-state index contributed by atoms with van der Waals surface area (Å²) in [4.78, 5) is 37.2. The van der Waals surface area contributed by atoms with Crippen molar-refractivity contribution in [2.24, 2.45) is 12.0 Å². The Kier molecular flexibility index (Phi) is 7.31. The molecule has 2 aromatic heterocycles. The molecular formula is C28H25FN8O3. The lowest BCUT2D eigenvalue weighted by Crippen LogP contribution is -2.32. The summed E-state index contributed by atoms with van der Waals surface area (Å²) in [5, 5.41) is 17.1. The Labute approximate surface area is 228 Å². The Morgan fingerprint density at radius 1 is 1.15 bits per heavy atom. The van der Waals surface area contributed by atoms with Gasteiger partial charge in [-0.2, -0.15) is 10.1 Å². The number of anilines is 4. The first kappa shape index (κ1) is 26.2. The van der Waals surface area contributed by atoms with Crippen LogP contribution >= 0.6 is 0 Å². The van der Waals surface area contributed by atoms with Crippen molar-refractivity contribution in [2.75, 3.05) is 28.6 Å². The second kappa shape index (κ2) is 11.2. The molecular weight excluding hydrogens is 515 g/mol. The van der Waals surface area contributed by atoms with E-state index in [9.17, 15) is 9.18 Å². The van der Waals surface area contributed by atoms with Crippen molar-refractivity contribution in [3.05, 3.63) is 89.1 Å². The molecule has 0 saturated heterocycles. The molecule has 0 spiro atoms. The van der Waals surface area contributed by atoms with E-state index in [1.54, 1.807) is 29.2 Å². The minimum atomic E-state index is -0.563. The summed E-state index contributed by atoms with van der Waals surface area (Å²) in [6.45, 7) is 3.10. The topological polar surface area (TPSA) is 138 Å². The number of aromatic nitrogens is 4. The lowest BCUT2D eigenvalue weighted by Gasteiger charge is -2.28. The van der Waals surface area contributed by atoms with Crippen molar-refractivity contribution in [1.29, 1.82) is 0 Å². The third-order valence-electron chi connectivity index (χ3n) is 6.30. The predicted octanol–water partition coefficient (Wildman–Crippen LogP) is 4.13. The van der Waals surface area contributed by atoms with Gasteiger partial charge < -0.3 is 20.6 Å². The zero-order chi connectivity index (χ0) is 28.2. The molecule has 12 heteroatoms. The molecule has 202 valence electrons. The van der Waals surface area contributed by atoms with Crippen molar-refractivity contribution in [3.8, 4) is 0 Å². The number of nitrogens with zero attached hydrogens (tertiary/aromatic N) is 6. The van der Waals surface area contributed by atoms with Crippen LogP contribution in [-0.2, 0) is 11.8 Å². The summed E-state index contributed by atoms with van der Waals surface area (Å²) in [7, 11) is 1.85. The number of hydrogen-bond acceptors (Lipinski definition) is 8. The highest BCUT2D eigenvalue weighted by Crippen LogP contribution is 2.37. The molecule has 1 amide bonds. The van der Waals surface area contributed by atoms with Crippen LogP contribution in [0.4, 0.5) is 27.5 Å². The van der Waals surface area contributed by atoms with Crippen molar-refractivity contribution in [3.63, 3.8) is 0 Å². The molecule has 2 aromatic carbocycles. The maximum Gasteiger partial charge on any atom is 0.290 e. The smallest absolute Gasteiger partial charge is 0.290 e. The first-order chi connectivity index (χ1) is 19.4. The molecule has 4 heterocycles. The third kappa shape index (κ3) is 5.27. The van der Waals surface area contributed by atoms with E-state index >= 15 is 0 Å². The Bertz CT molecular complexity index is 1660. The van der Waals surface area contributed by atoms with Crippen LogP contribution in [0.2, 0.25) is 0 Å². The maximum atomic E-state index is 14.1. The Morgan fingerprint density at radius 2 is 1.95 bits per heavy atom. The fourth-order valence-electron chi connectivity index (χ4n) is 4.51. The average molecular weight is 541 g/mol. The Balaban J connectivity index is 0.00000103. The number of hydrogen-bond donors (Lipinski definition) is 3. The Morgan fingerprint density at radius 3 is 2.70 bits per heavy atom. The van der Waals surface area contributed by atoms with Gasteiger partial charge in [-0.1, -0.05) is 18.2 Å². The van der Waals surface area contributed by atoms with Gasteiger partial charge in [-0.3, -0.25) is 19.3 Å². The van der Waals surface area contributed by atoms with E-state index in [-0.39, 0.29) is 12.0 Å². The number of amides is 1. The van der Waals surface area contributed by atoms with Crippen molar-refractivity contribution < 1.29 is 19.1 Å². The van der Waals surface area contributed by atoms with E-state index in [4.69, 9.17) is 19.9 Å². The molecule has 3 N–H and O–H groups in total. The summed E-state index contributed by atoms with van der Waals surface area (Å²) in [5.74, 6) is 1.01. The summed E-state index contributed by atoms with van der Waals surface area (Å²) < 4.78 is 15.8. The standard InChI is InChI=1S/C27H23FN8O.CH2O2/c1-16-7-8-18(32-26(37)20-5-3-4-6-23(20)28)12-21(16)22-11-17-13-30-27(33-19-14-31-35(2)15-19)34-24(17)36-10-9-29-25(22)36;2-1-3/h3-8,11-15H,9-10H2,1-2H3,(H,32,37)(H,30,33,34);1H,(H,2,3). The minimum absolute atomic E-state index is 0.00498. The number of nitrogens with one attached hydrogen (secondary N) is 2. The van der Waals surface area contributed by atoms with Crippen LogP contribution in [0.3, 0.4) is 0 Å². The van der Waals surface area contributed by atoms with Gasteiger partial charge in [-0.15, -0.1) is 0 Å². The molecule has 11 nitrogen and oxygen atoms in total. The maximum absolute atomic E-state index is 14.1. The van der Waals surface area contributed by atoms with Gasteiger partial charge >= 0.3 is 0 Å². The fraction of sp³-hybridized carbons (Fsp3) is 0.143. The lowest BCUT2D eigenvalue weighted by molar-refractivity contribution is -0.122. The van der Waals surface area contributed by atoms with E-state index in [0.717, 1.165) is 39.6 Å². The highest BCUT2D eigenvalue weighted by Gasteiger charge is 2.31. The summed E-state index contributed by atoms with van der Waals surface area (Å²) in [6, 6.07) is 11.6. The number of amidine groups is 1. The minimum Gasteiger partial charge on any atom is -0.483 e. The van der Waals surface area contributed by atoms with Gasteiger partial charge in [0.1, 0.15) is 17.5 Å². The van der Waals surface area contributed by atoms with E-state index in [0.29, 0.717) is 24.7 Å². The van der Waals surface area contributed by atoms with Gasteiger partial charge in [0.15, 0.2) is 0 Å². The second-order valence-electron chi connectivity index (χ2n) is 8.98. The normalized spacial score (nSPS) is 13.2. The number of fused-ring (bicyclic) bond motifs is 3. The van der Waals surface area contributed by atoms with Crippen LogP contribution in [0.1, 0.15) is 27.0 Å². The molecule has 0 atom stereocenters. The van der Waals surface area contributed by atoms with Crippen LogP contribution in [0.5, 0.6) is 0 Å². The molecule has 4 aromatic rings. The fourth-order valence-corrected chi connectivity index (χ4v) is 4.51. The lowest BCUT2D eigenvalue weighted by atomic mass is 9.94. The molecule has 6 rings (SSSR count). The number of halogens is 1. The number of benzene rings is 2. The van der Waals surface area contributed by atoms with Gasteiger partial charge in [0.05, 0.1) is 24.0 Å². The summed E-state index contributed by atoms with van der Waals surface area (Å²) >= 11 is 0. The Hall–Kier alpha value is -5.39. The van der Waals surface area contributed by atoms with Gasteiger partial charge in [-0.25, -0.2) is 9.37 Å². The van der Waals surface area contributed by atoms with Gasteiger partial charge in [-0.05, 0) is 48.4 Å². The zero-order valence-electron chi connectivity index (χ0n) is 21.7.